The number of aromatic amines is 1. The first kappa shape index (κ1) is 25.2. The minimum atomic E-state index is -0.173. The Morgan fingerprint density at radius 1 is 0.973 bits per heavy atom. The number of rotatable bonds is 8. The Balaban J connectivity index is 1.19. The van der Waals surface area contributed by atoms with Crippen molar-refractivity contribution in [1.82, 2.24) is 9.88 Å². The minimum Gasteiger partial charge on any atom is -0.457 e. The average Bonchev–Trinajstić information content (AvgIpc) is 3.13. The van der Waals surface area contributed by atoms with E-state index in [1.807, 2.05) is 38.5 Å². The molecule has 194 valence electrons. The third-order valence-electron chi connectivity index (χ3n) is 7.40. The second kappa shape index (κ2) is 11.3. The Kier molecular flexibility index (Phi) is 7.65. The number of nitrogens with one attached hydrogen (secondary N) is 1. The second-order valence-corrected chi connectivity index (χ2v) is 10.2. The van der Waals surface area contributed by atoms with Crippen molar-refractivity contribution in [2.75, 3.05) is 56.6 Å². The summed E-state index contributed by atoms with van der Waals surface area (Å²) < 4.78 is 20.0. The molecule has 1 N–H and O–H groups in total. The van der Waals surface area contributed by atoms with Crippen molar-refractivity contribution < 1.29 is 9.13 Å². The smallest absolute Gasteiger partial charge is 0.132 e. The zero-order chi connectivity index (χ0) is 25.8. The van der Waals surface area contributed by atoms with Crippen molar-refractivity contribution in [1.29, 1.82) is 0 Å². The van der Waals surface area contributed by atoms with Gasteiger partial charge in [-0.05, 0) is 87.3 Å². The quantitative estimate of drug-likeness (QED) is 0.295. The molecule has 2 heterocycles. The number of anilines is 2. The minimum absolute atomic E-state index is 0.173. The summed E-state index contributed by atoms with van der Waals surface area (Å²) in [5, 5.41) is 1.01. The molecule has 1 aliphatic rings. The van der Waals surface area contributed by atoms with E-state index in [4.69, 9.17) is 4.74 Å². The first-order valence-electron chi connectivity index (χ1n) is 13.3. The molecule has 0 radical (unpaired) electrons. The highest BCUT2D eigenvalue weighted by molar-refractivity contribution is 5.83. The number of H-pyrrole nitrogens is 1. The fraction of sp³-hybridized carbons (Fsp3) is 0.355. The lowest BCUT2D eigenvalue weighted by molar-refractivity contribution is 0.290. The predicted octanol–water partition coefficient (Wildman–Crippen LogP) is 6.62. The molecule has 1 aliphatic heterocycles. The van der Waals surface area contributed by atoms with Crippen LogP contribution < -0.4 is 14.5 Å². The number of nitrogens with zero attached hydrogens (tertiary/aromatic N) is 3. The van der Waals surface area contributed by atoms with Gasteiger partial charge < -0.3 is 24.4 Å². The molecule has 0 spiro atoms. The molecule has 5 rings (SSSR count). The van der Waals surface area contributed by atoms with Crippen LogP contribution in [0.2, 0.25) is 0 Å². The second-order valence-electron chi connectivity index (χ2n) is 10.2. The number of aromatic nitrogens is 1. The molecule has 1 fully saturated rings. The normalized spacial score (nSPS) is 14.6. The third kappa shape index (κ3) is 5.91. The molecule has 0 saturated carbocycles. The lowest BCUT2D eigenvalue weighted by Gasteiger charge is -2.26. The highest BCUT2D eigenvalue weighted by Gasteiger charge is 2.18. The van der Waals surface area contributed by atoms with Gasteiger partial charge in [0.05, 0.1) is 0 Å². The van der Waals surface area contributed by atoms with E-state index in [1.165, 1.54) is 22.9 Å². The molecule has 0 amide bonds. The van der Waals surface area contributed by atoms with Crippen molar-refractivity contribution in [3.63, 3.8) is 0 Å². The summed E-state index contributed by atoms with van der Waals surface area (Å²) in [5.41, 5.74) is 5.76. The van der Waals surface area contributed by atoms with E-state index < -0.39 is 0 Å². The Morgan fingerprint density at radius 3 is 2.70 bits per heavy atom. The number of fused-ring (bicyclic) bond motifs is 1. The maximum Gasteiger partial charge on any atom is 0.132 e. The predicted molar refractivity (Wildman–Crippen MR) is 152 cm³/mol. The number of halogens is 1. The SMILES string of the molecule is Cc1c(Oc2cccc(N(C)C)c2)cccc1N1CCCN(CCCc2c[nH]c3ccc(F)cc23)CC1. The van der Waals surface area contributed by atoms with Gasteiger partial charge in [0.2, 0.25) is 0 Å². The Bertz CT molecular complexity index is 1350. The van der Waals surface area contributed by atoms with Crippen LogP contribution in [0, 0.1) is 12.7 Å². The molecule has 0 aliphatic carbocycles. The molecule has 37 heavy (non-hydrogen) atoms. The topological polar surface area (TPSA) is 34.7 Å². The number of benzene rings is 3. The van der Waals surface area contributed by atoms with Crippen LogP contribution in [0.4, 0.5) is 15.8 Å². The summed E-state index contributed by atoms with van der Waals surface area (Å²) in [7, 11) is 4.08. The summed E-state index contributed by atoms with van der Waals surface area (Å²) in [6.07, 6.45) is 5.19. The lowest BCUT2D eigenvalue weighted by atomic mass is 10.1. The molecule has 6 heteroatoms. The summed E-state index contributed by atoms with van der Waals surface area (Å²) in [6.45, 7) is 7.40. The van der Waals surface area contributed by atoms with Gasteiger partial charge in [0, 0.05) is 73.8 Å². The Morgan fingerprint density at radius 2 is 1.84 bits per heavy atom. The fourth-order valence-corrected chi connectivity index (χ4v) is 5.29. The first-order chi connectivity index (χ1) is 18.0. The summed E-state index contributed by atoms with van der Waals surface area (Å²) >= 11 is 0. The standard InChI is InChI=1S/C31H37FN4O/c1-23-30(11-5-12-31(23)37-27-10-4-9-26(21-27)34(2)3)36-17-7-16-35(18-19-36)15-6-8-24-22-33-29-14-13-25(32)20-28(24)29/h4-5,9-14,20-22,33H,6-8,15-19H2,1-3H3. The van der Waals surface area contributed by atoms with E-state index in [2.05, 4.69) is 56.9 Å². The molecule has 0 bridgehead atoms. The van der Waals surface area contributed by atoms with Gasteiger partial charge in [0.25, 0.3) is 0 Å². The average molecular weight is 501 g/mol. The van der Waals surface area contributed by atoms with E-state index in [-0.39, 0.29) is 5.82 Å². The molecule has 1 aromatic heterocycles. The molecule has 0 atom stereocenters. The van der Waals surface area contributed by atoms with Crippen molar-refractivity contribution in [3.05, 3.63) is 83.8 Å². The largest absolute Gasteiger partial charge is 0.457 e. The van der Waals surface area contributed by atoms with E-state index in [9.17, 15) is 4.39 Å². The maximum atomic E-state index is 13.7. The van der Waals surface area contributed by atoms with E-state index in [0.717, 1.165) is 80.1 Å². The highest BCUT2D eigenvalue weighted by atomic mass is 19.1. The third-order valence-corrected chi connectivity index (χ3v) is 7.40. The molecule has 0 unspecified atom stereocenters. The van der Waals surface area contributed by atoms with Gasteiger partial charge in [0.15, 0.2) is 0 Å². The van der Waals surface area contributed by atoms with Gasteiger partial charge in [-0.2, -0.15) is 0 Å². The van der Waals surface area contributed by atoms with E-state index in [1.54, 1.807) is 6.07 Å². The summed E-state index contributed by atoms with van der Waals surface area (Å²) in [4.78, 5) is 10.4. The zero-order valence-electron chi connectivity index (χ0n) is 22.1. The van der Waals surface area contributed by atoms with Gasteiger partial charge in [-0.15, -0.1) is 0 Å². The fourth-order valence-electron chi connectivity index (χ4n) is 5.29. The maximum absolute atomic E-state index is 13.7. The van der Waals surface area contributed by atoms with Crippen molar-refractivity contribution in [3.8, 4) is 11.5 Å². The molecule has 3 aromatic carbocycles. The van der Waals surface area contributed by atoms with Crippen molar-refractivity contribution in [2.24, 2.45) is 0 Å². The summed E-state index contributed by atoms with van der Waals surface area (Å²) in [6, 6.07) is 19.5. The number of hydrogen-bond acceptors (Lipinski definition) is 4. The van der Waals surface area contributed by atoms with Gasteiger partial charge >= 0.3 is 0 Å². The molecular formula is C31H37FN4O. The van der Waals surface area contributed by atoms with Crippen LogP contribution in [0.3, 0.4) is 0 Å². The van der Waals surface area contributed by atoms with Gasteiger partial charge in [-0.1, -0.05) is 12.1 Å². The number of aryl methyl sites for hydroxylation is 1. The summed E-state index contributed by atoms with van der Waals surface area (Å²) in [5.74, 6) is 1.59. The van der Waals surface area contributed by atoms with Crippen LogP contribution in [0.15, 0.2) is 66.9 Å². The van der Waals surface area contributed by atoms with Gasteiger partial charge in [0.1, 0.15) is 17.3 Å². The van der Waals surface area contributed by atoms with E-state index in [0.29, 0.717) is 0 Å². The van der Waals surface area contributed by atoms with Crippen LogP contribution in [0.25, 0.3) is 10.9 Å². The Labute approximate surface area is 219 Å². The van der Waals surface area contributed by atoms with Crippen LogP contribution in [-0.2, 0) is 6.42 Å². The van der Waals surface area contributed by atoms with Gasteiger partial charge in [-0.3, -0.25) is 0 Å². The van der Waals surface area contributed by atoms with Crippen LogP contribution in [0.1, 0.15) is 24.0 Å². The number of hydrogen-bond donors (Lipinski definition) is 1. The van der Waals surface area contributed by atoms with E-state index >= 15 is 0 Å². The molecular weight excluding hydrogens is 463 g/mol. The number of ether oxygens (including phenoxy) is 1. The van der Waals surface area contributed by atoms with Gasteiger partial charge in [-0.25, -0.2) is 4.39 Å². The Hall–Kier alpha value is -3.51. The zero-order valence-corrected chi connectivity index (χ0v) is 22.1. The van der Waals surface area contributed by atoms with Crippen LogP contribution in [-0.4, -0.2) is 56.7 Å². The molecule has 4 aromatic rings. The molecule has 1 saturated heterocycles. The first-order valence-corrected chi connectivity index (χ1v) is 13.3. The molecule has 5 nitrogen and oxygen atoms in total. The monoisotopic (exact) mass is 500 g/mol. The van der Waals surface area contributed by atoms with Crippen molar-refractivity contribution in [2.45, 2.75) is 26.2 Å². The van der Waals surface area contributed by atoms with Crippen LogP contribution >= 0.6 is 0 Å². The lowest BCUT2D eigenvalue weighted by Crippen LogP contribution is -2.31. The van der Waals surface area contributed by atoms with Crippen molar-refractivity contribution >= 4 is 22.3 Å². The van der Waals surface area contributed by atoms with Crippen LogP contribution in [0.5, 0.6) is 11.5 Å². The highest BCUT2D eigenvalue weighted by Crippen LogP contribution is 2.33.